The SMILES string of the molecule is CCN(CC1COc2ccccc2O1)C(=O)CCNC(=O)c1ccco1. The van der Waals surface area contributed by atoms with E-state index in [0.29, 0.717) is 25.4 Å². The number of fused-ring (bicyclic) bond motifs is 1. The van der Waals surface area contributed by atoms with E-state index in [4.69, 9.17) is 13.9 Å². The molecule has 1 unspecified atom stereocenters. The predicted octanol–water partition coefficient (Wildman–Crippen LogP) is 2.09. The van der Waals surface area contributed by atoms with Crippen molar-refractivity contribution in [2.75, 3.05) is 26.2 Å². The number of carbonyl (C=O) groups is 2. The molecule has 1 atom stereocenters. The Hall–Kier alpha value is -2.96. The van der Waals surface area contributed by atoms with Crippen LogP contribution >= 0.6 is 0 Å². The topological polar surface area (TPSA) is 81.0 Å². The first-order valence-corrected chi connectivity index (χ1v) is 8.65. The molecule has 2 amide bonds. The van der Waals surface area contributed by atoms with E-state index < -0.39 is 0 Å². The highest BCUT2D eigenvalue weighted by Crippen LogP contribution is 2.31. The van der Waals surface area contributed by atoms with Crippen LogP contribution in [-0.4, -0.2) is 49.1 Å². The van der Waals surface area contributed by atoms with Crippen molar-refractivity contribution in [1.82, 2.24) is 10.2 Å². The number of hydrogen-bond donors (Lipinski definition) is 1. The number of rotatable bonds is 7. The van der Waals surface area contributed by atoms with E-state index in [2.05, 4.69) is 5.32 Å². The van der Waals surface area contributed by atoms with Crippen molar-refractivity contribution < 1.29 is 23.5 Å². The first-order valence-electron chi connectivity index (χ1n) is 8.65. The fraction of sp³-hybridized carbons (Fsp3) is 0.368. The number of nitrogens with one attached hydrogen (secondary N) is 1. The maximum absolute atomic E-state index is 12.4. The smallest absolute Gasteiger partial charge is 0.286 e. The average molecular weight is 358 g/mol. The van der Waals surface area contributed by atoms with E-state index in [1.54, 1.807) is 17.0 Å². The molecule has 1 aromatic carbocycles. The quantitative estimate of drug-likeness (QED) is 0.820. The monoisotopic (exact) mass is 358 g/mol. The van der Waals surface area contributed by atoms with Gasteiger partial charge >= 0.3 is 0 Å². The molecule has 0 spiro atoms. The summed E-state index contributed by atoms with van der Waals surface area (Å²) >= 11 is 0. The second-order valence-electron chi connectivity index (χ2n) is 5.91. The van der Waals surface area contributed by atoms with Crippen LogP contribution in [0.5, 0.6) is 11.5 Å². The minimum absolute atomic E-state index is 0.0466. The van der Waals surface area contributed by atoms with E-state index >= 15 is 0 Å². The lowest BCUT2D eigenvalue weighted by molar-refractivity contribution is -0.132. The number of likely N-dealkylation sites (N-methyl/N-ethyl adjacent to an activating group) is 1. The molecule has 0 aliphatic carbocycles. The van der Waals surface area contributed by atoms with Crippen molar-refractivity contribution in [2.45, 2.75) is 19.4 Å². The highest BCUT2D eigenvalue weighted by molar-refractivity contribution is 5.91. The van der Waals surface area contributed by atoms with Crippen molar-refractivity contribution in [2.24, 2.45) is 0 Å². The minimum atomic E-state index is -0.327. The minimum Gasteiger partial charge on any atom is -0.486 e. The fourth-order valence-electron chi connectivity index (χ4n) is 2.74. The van der Waals surface area contributed by atoms with Crippen LogP contribution in [0.25, 0.3) is 0 Å². The molecule has 7 nitrogen and oxygen atoms in total. The molecular weight excluding hydrogens is 336 g/mol. The number of ether oxygens (including phenoxy) is 2. The van der Waals surface area contributed by atoms with Gasteiger partial charge in [0.05, 0.1) is 12.8 Å². The van der Waals surface area contributed by atoms with Crippen molar-refractivity contribution in [1.29, 1.82) is 0 Å². The molecule has 0 radical (unpaired) electrons. The van der Waals surface area contributed by atoms with E-state index in [0.717, 1.165) is 5.75 Å². The molecule has 0 fully saturated rings. The summed E-state index contributed by atoms with van der Waals surface area (Å²) in [5.41, 5.74) is 0. The lowest BCUT2D eigenvalue weighted by Crippen LogP contribution is -2.44. The van der Waals surface area contributed by atoms with Gasteiger partial charge in [0.1, 0.15) is 6.61 Å². The first kappa shape index (κ1) is 17.8. The number of carbonyl (C=O) groups excluding carboxylic acids is 2. The summed E-state index contributed by atoms with van der Waals surface area (Å²) in [6.07, 6.45) is 1.43. The Morgan fingerprint density at radius 2 is 2.00 bits per heavy atom. The Morgan fingerprint density at radius 1 is 1.19 bits per heavy atom. The Morgan fingerprint density at radius 3 is 2.73 bits per heavy atom. The number of hydrogen-bond acceptors (Lipinski definition) is 5. The summed E-state index contributed by atoms with van der Waals surface area (Å²) in [5, 5.41) is 2.68. The maximum Gasteiger partial charge on any atom is 0.286 e. The van der Waals surface area contributed by atoms with Crippen LogP contribution in [0.3, 0.4) is 0 Å². The molecule has 3 rings (SSSR count). The molecule has 2 aromatic rings. The third kappa shape index (κ3) is 4.36. The largest absolute Gasteiger partial charge is 0.486 e. The van der Waals surface area contributed by atoms with Gasteiger partial charge in [0.25, 0.3) is 5.91 Å². The van der Waals surface area contributed by atoms with Gasteiger partial charge in [-0.3, -0.25) is 9.59 Å². The zero-order valence-corrected chi connectivity index (χ0v) is 14.6. The van der Waals surface area contributed by atoms with Crippen LogP contribution < -0.4 is 14.8 Å². The molecule has 0 saturated heterocycles. The third-order valence-corrected chi connectivity index (χ3v) is 4.10. The summed E-state index contributed by atoms with van der Waals surface area (Å²) in [7, 11) is 0. The number of para-hydroxylation sites is 2. The van der Waals surface area contributed by atoms with Crippen molar-refractivity contribution in [3.63, 3.8) is 0 Å². The van der Waals surface area contributed by atoms with E-state index in [-0.39, 0.29) is 36.6 Å². The van der Waals surface area contributed by atoms with Crippen molar-refractivity contribution in [3.05, 3.63) is 48.4 Å². The normalized spacial score (nSPS) is 15.3. The van der Waals surface area contributed by atoms with Gasteiger partial charge in [-0.15, -0.1) is 0 Å². The molecule has 1 N–H and O–H groups in total. The number of nitrogens with zero attached hydrogens (tertiary/aromatic N) is 1. The van der Waals surface area contributed by atoms with Gasteiger partial charge in [-0.2, -0.15) is 0 Å². The molecule has 2 heterocycles. The molecular formula is C19H22N2O5. The van der Waals surface area contributed by atoms with Gasteiger partial charge in [-0.05, 0) is 31.2 Å². The lowest BCUT2D eigenvalue weighted by atomic mass is 10.2. The first-order chi connectivity index (χ1) is 12.7. The number of furan rings is 1. The highest BCUT2D eigenvalue weighted by Gasteiger charge is 2.24. The van der Waals surface area contributed by atoms with Gasteiger partial charge in [0.15, 0.2) is 23.4 Å². The van der Waals surface area contributed by atoms with E-state index in [1.165, 1.54) is 6.26 Å². The predicted molar refractivity (Wildman–Crippen MR) is 94.3 cm³/mol. The molecule has 138 valence electrons. The van der Waals surface area contributed by atoms with Crippen LogP contribution in [0.4, 0.5) is 0 Å². The Labute approximate surface area is 151 Å². The van der Waals surface area contributed by atoms with Crippen molar-refractivity contribution in [3.8, 4) is 11.5 Å². The lowest BCUT2D eigenvalue weighted by Gasteiger charge is -2.31. The highest BCUT2D eigenvalue weighted by atomic mass is 16.6. The molecule has 1 aromatic heterocycles. The molecule has 0 bridgehead atoms. The standard InChI is InChI=1S/C19H22N2O5/c1-2-21(12-14-13-25-15-6-3-4-7-16(15)26-14)18(22)9-10-20-19(23)17-8-5-11-24-17/h3-8,11,14H,2,9-10,12-13H2,1H3,(H,20,23). The molecule has 0 saturated carbocycles. The molecule has 1 aliphatic rings. The summed E-state index contributed by atoms with van der Waals surface area (Å²) < 4.78 is 16.6. The van der Waals surface area contributed by atoms with Gasteiger partial charge in [-0.1, -0.05) is 12.1 Å². The summed E-state index contributed by atoms with van der Waals surface area (Å²) in [6, 6.07) is 10.7. The molecule has 1 aliphatic heterocycles. The zero-order chi connectivity index (χ0) is 18.4. The van der Waals surface area contributed by atoms with Crippen LogP contribution in [0.2, 0.25) is 0 Å². The van der Waals surface area contributed by atoms with Crippen LogP contribution in [-0.2, 0) is 4.79 Å². The van der Waals surface area contributed by atoms with Crippen molar-refractivity contribution >= 4 is 11.8 Å². The maximum atomic E-state index is 12.4. The van der Waals surface area contributed by atoms with Crippen LogP contribution in [0, 0.1) is 0 Å². The average Bonchev–Trinajstić information content (AvgIpc) is 3.20. The molecule has 7 heteroatoms. The van der Waals surface area contributed by atoms with Gasteiger partial charge in [-0.25, -0.2) is 0 Å². The second-order valence-corrected chi connectivity index (χ2v) is 5.91. The zero-order valence-electron chi connectivity index (χ0n) is 14.6. The summed E-state index contributed by atoms with van der Waals surface area (Å²) in [4.78, 5) is 25.9. The van der Waals surface area contributed by atoms with Gasteiger partial charge in [0.2, 0.25) is 5.91 Å². The number of amides is 2. The molecule has 26 heavy (non-hydrogen) atoms. The van der Waals surface area contributed by atoms with Gasteiger partial charge < -0.3 is 24.1 Å². The fourth-order valence-corrected chi connectivity index (χ4v) is 2.74. The Balaban J connectivity index is 1.46. The van der Waals surface area contributed by atoms with E-state index in [9.17, 15) is 9.59 Å². The summed E-state index contributed by atoms with van der Waals surface area (Å²) in [6.45, 7) is 3.56. The van der Waals surface area contributed by atoms with Crippen LogP contribution in [0.15, 0.2) is 47.1 Å². The number of benzene rings is 1. The second kappa shape index (κ2) is 8.42. The Bertz CT molecular complexity index is 744. The van der Waals surface area contributed by atoms with Crippen LogP contribution in [0.1, 0.15) is 23.9 Å². The van der Waals surface area contributed by atoms with Gasteiger partial charge in [0, 0.05) is 19.5 Å². The third-order valence-electron chi connectivity index (χ3n) is 4.10. The summed E-state index contributed by atoms with van der Waals surface area (Å²) in [5.74, 6) is 1.27. The Kier molecular flexibility index (Phi) is 5.78. The van der Waals surface area contributed by atoms with E-state index in [1.807, 2.05) is 31.2 Å².